The average molecular weight is 446 g/mol. The number of rotatable bonds is 4. The number of aromatic nitrogens is 3. The van der Waals surface area contributed by atoms with Crippen LogP contribution in [0.5, 0.6) is 0 Å². The van der Waals surface area contributed by atoms with Gasteiger partial charge in [0.25, 0.3) is 11.6 Å². The number of nitro benzene ring substituents is 1. The Hall–Kier alpha value is -4.18. The van der Waals surface area contributed by atoms with E-state index in [1.54, 1.807) is 10.9 Å². The molecule has 160 valence electrons. The topological polar surface area (TPSA) is 115 Å². The van der Waals surface area contributed by atoms with Gasteiger partial charge in [0.2, 0.25) is 0 Å². The highest BCUT2D eigenvalue weighted by Gasteiger charge is 2.19. The molecule has 1 aromatic heterocycles. The van der Waals surface area contributed by atoms with Crippen molar-refractivity contribution in [2.75, 3.05) is 5.32 Å². The van der Waals surface area contributed by atoms with E-state index < -0.39 is 10.8 Å². The maximum Gasteiger partial charge on any atom is 0.273 e. The van der Waals surface area contributed by atoms with Crippen LogP contribution in [0.15, 0.2) is 60.7 Å². The molecule has 4 aromatic rings. The molecule has 3 aromatic carbocycles. The summed E-state index contributed by atoms with van der Waals surface area (Å²) in [6, 6.07) is 17.6. The molecule has 0 bridgehead atoms. The van der Waals surface area contributed by atoms with Crippen molar-refractivity contribution in [1.29, 1.82) is 0 Å². The number of para-hydroxylation sites is 1. The first kappa shape index (κ1) is 21.1. The molecular weight excluding hydrogens is 428 g/mol. The molecular formula is C22H18N6O3S. The first-order valence-corrected chi connectivity index (χ1v) is 10.0. The zero-order chi connectivity index (χ0) is 22.8. The first-order valence-electron chi connectivity index (χ1n) is 9.63. The maximum absolute atomic E-state index is 12.6. The molecule has 0 aliphatic heterocycles. The summed E-state index contributed by atoms with van der Waals surface area (Å²) in [5, 5.41) is 25.8. The lowest BCUT2D eigenvalue weighted by Crippen LogP contribution is -2.34. The van der Waals surface area contributed by atoms with Gasteiger partial charge in [-0.05, 0) is 62.0 Å². The molecule has 9 nitrogen and oxygen atoms in total. The molecule has 0 aliphatic rings. The second-order valence-corrected chi connectivity index (χ2v) is 7.50. The second kappa shape index (κ2) is 8.52. The smallest absolute Gasteiger partial charge is 0.273 e. The Balaban J connectivity index is 1.54. The number of hydrogen-bond donors (Lipinski definition) is 2. The molecule has 0 spiro atoms. The van der Waals surface area contributed by atoms with Gasteiger partial charge >= 0.3 is 0 Å². The Morgan fingerprint density at radius 1 is 1.03 bits per heavy atom. The van der Waals surface area contributed by atoms with Gasteiger partial charge in [-0.1, -0.05) is 24.3 Å². The predicted molar refractivity (Wildman–Crippen MR) is 125 cm³/mol. The Kier molecular flexibility index (Phi) is 5.61. The van der Waals surface area contributed by atoms with Gasteiger partial charge in [-0.2, -0.15) is 4.80 Å². The van der Waals surface area contributed by atoms with Crippen LogP contribution >= 0.6 is 12.2 Å². The highest BCUT2D eigenvalue weighted by Crippen LogP contribution is 2.23. The standard InChI is InChI=1S/C22H18N6O3S/c1-13-11-18-19(26-27(25-18)15-7-4-3-5-8-15)12-17(13)23-22(32)24-21(29)16-9-6-10-20(14(16)2)28(30)31/h3-12H,1-2H3,(H2,23,24,29,32). The summed E-state index contributed by atoms with van der Waals surface area (Å²) < 4.78 is 0. The molecule has 0 saturated carbocycles. The Morgan fingerprint density at radius 2 is 1.72 bits per heavy atom. The van der Waals surface area contributed by atoms with Crippen LogP contribution < -0.4 is 10.6 Å². The van der Waals surface area contributed by atoms with Crippen molar-refractivity contribution < 1.29 is 9.72 Å². The van der Waals surface area contributed by atoms with E-state index in [1.165, 1.54) is 25.1 Å². The van der Waals surface area contributed by atoms with Crippen molar-refractivity contribution in [3.63, 3.8) is 0 Å². The summed E-state index contributed by atoms with van der Waals surface area (Å²) in [7, 11) is 0. The summed E-state index contributed by atoms with van der Waals surface area (Å²) in [6.45, 7) is 3.41. The number of nitrogens with one attached hydrogen (secondary N) is 2. The van der Waals surface area contributed by atoms with Crippen molar-refractivity contribution in [3.8, 4) is 5.69 Å². The average Bonchev–Trinajstić information content (AvgIpc) is 3.17. The van der Waals surface area contributed by atoms with E-state index in [0.717, 1.165) is 16.8 Å². The van der Waals surface area contributed by atoms with Crippen LogP contribution in [0.2, 0.25) is 0 Å². The van der Waals surface area contributed by atoms with Gasteiger partial charge in [0, 0.05) is 22.9 Å². The fraction of sp³-hybridized carbons (Fsp3) is 0.0909. The fourth-order valence-corrected chi connectivity index (χ4v) is 3.47. The molecule has 2 N–H and O–H groups in total. The minimum atomic E-state index is -0.530. The number of amides is 1. The third kappa shape index (κ3) is 4.16. The third-order valence-corrected chi connectivity index (χ3v) is 5.14. The monoisotopic (exact) mass is 446 g/mol. The van der Waals surface area contributed by atoms with E-state index in [4.69, 9.17) is 12.2 Å². The van der Waals surface area contributed by atoms with Gasteiger partial charge in [-0.15, -0.1) is 10.2 Å². The first-order chi connectivity index (χ1) is 15.3. The van der Waals surface area contributed by atoms with Crippen LogP contribution in [-0.4, -0.2) is 30.9 Å². The molecule has 4 rings (SSSR count). The number of anilines is 1. The van der Waals surface area contributed by atoms with Crippen LogP contribution in [0.3, 0.4) is 0 Å². The molecule has 0 fully saturated rings. The minimum absolute atomic E-state index is 0.0683. The van der Waals surface area contributed by atoms with Gasteiger partial charge in [0.1, 0.15) is 11.0 Å². The maximum atomic E-state index is 12.6. The Bertz CT molecular complexity index is 1370. The van der Waals surface area contributed by atoms with Crippen LogP contribution in [0.25, 0.3) is 16.7 Å². The number of carbonyl (C=O) groups is 1. The highest BCUT2D eigenvalue weighted by atomic mass is 32.1. The number of thiocarbonyl (C=S) groups is 1. The molecule has 0 radical (unpaired) electrons. The van der Waals surface area contributed by atoms with Gasteiger partial charge in [0.05, 0.1) is 10.6 Å². The molecule has 1 heterocycles. The zero-order valence-electron chi connectivity index (χ0n) is 17.2. The van der Waals surface area contributed by atoms with E-state index in [1.807, 2.05) is 43.3 Å². The second-order valence-electron chi connectivity index (χ2n) is 7.10. The normalized spacial score (nSPS) is 10.7. The van der Waals surface area contributed by atoms with Crippen molar-refractivity contribution in [2.24, 2.45) is 0 Å². The van der Waals surface area contributed by atoms with E-state index in [-0.39, 0.29) is 21.9 Å². The van der Waals surface area contributed by atoms with Gasteiger partial charge in [-0.25, -0.2) is 0 Å². The van der Waals surface area contributed by atoms with Crippen LogP contribution in [0.1, 0.15) is 21.5 Å². The fourth-order valence-electron chi connectivity index (χ4n) is 3.27. The predicted octanol–water partition coefficient (Wildman–Crippen LogP) is 4.07. The number of aryl methyl sites for hydroxylation is 1. The van der Waals surface area contributed by atoms with Gasteiger partial charge in [0.15, 0.2) is 5.11 Å². The van der Waals surface area contributed by atoms with Gasteiger partial charge in [-0.3, -0.25) is 20.2 Å². The Labute approximate surface area is 188 Å². The number of hydrogen-bond acceptors (Lipinski definition) is 6. The largest absolute Gasteiger partial charge is 0.332 e. The Morgan fingerprint density at radius 3 is 2.41 bits per heavy atom. The van der Waals surface area contributed by atoms with Crippen LogP contribution in [0.4, 0.5) is 11.4 Å². The number of benzene rings is 3. The summed E-state index contributed by atoms with van der Waals surface area (Å²) in [5.41, 5.74) is 4.07. The van der Waals surface area contributed by atoms with Crippen molar-refractivity contribution in [3.05, 3.63) is 87.5 Å². The highest BCUT2D eigenvalue weighted by molar-refractivity contribution is 7.80. The van der Waals surface area contributed by atoms with Gasteiger partial charge < -0.3 is 5.32 Å². The number of nitro groups is 1. The van der Waals surface area contributed by atoms with E-state index in [9.17, 15) is 14.9 Å². The number of carbonyl (C=O) groups excluding carboxylic acids is 1. The number of fused-ring (bicyclic) bond motifs is 1. The zero-order valence-corrected chi connectivity index (χ0v) is 18.0. The molecule has 10 heteroatoms. The summed E-state index contributed by atoms with van der Waals surface area (Å²) in [6.07, 6.45) is 0. The summed E-state index contributed by atoms with van der Waals surface area (Å²) in [4.78, 5) is 24.8. The number of nitrogens with zero attached hydrogens (tertiary/aromatic N) is 4. The quantitative estimate of drug-likeness (QED) is 0.276. The molecule has 32 heavy (non-hydrogen) atoms. The van der Waals surface area contributed by atoms with E-state index in [0.29, 0.717) is 11.2 Å². The van der Waals surface area contributed by atoms with Crippen LogP contribution in [-0.2, 0) is 0 Å². The lowest BCUT2D eigenvalue weighted by Gasteiger charge is -2.12. The van der Waals surface area contributed by atoms with Crippen molar-refractivity contribution in [2.45, 2.75) is 13.8 Å². The third-order valence-electron chi connectivity index (χ3n) is 4.94. The van der Waals surface area contributed by atoms with Crippen molar-refractivity contribution in [1.82, 2.24) is 20.3 Å². The summed E-state index contributed by atoms with van der Waals surface area (Å²) >= 11 is 5.29. The minimum Gasteiger partial charge on any atom is -0.332 e. The van der Waals surface area contributed by atoms with Crippen LogP contribution in [0, 0.1) is 24.0 Å². The van der Waals surface area contributed by atoms with E-state index >= 15 is 0 Å². The summed E-state index contributed by atoms with van der Waals surface area (Å²) in [5.74, 6) is -0.530. The molecule has 0 unspecified atom stereocenters. The lowest BCUT2D eigenvalue weighted by atomic mass is 10.1. The lowest BCUT2D eigenvalue weighted by molar-refractivity contribution is -0.385. The van der Waals surface area contributed by atoms with E-state index in [2.05, 4.69) is 20.8 Å². The van der Waals surface area contributed by atoms with Crippen molar-refractivity contribution >= 4 is 45.6 Å². The molecule has 0 aliphatic carbocycles. The molecule has 1 amide bonds. The SMILES string of the molecule is Cc1cc2nn(-c3ccccc3)nc2cc1NC(=S)NC(=O)c1cccc([N+](=O)[O-])c1C. The molecule has 0 atom stereocenters. The molecule has 0 saturated heterocycles.